The Hall–Kier alpha value is -3.10. The molecule has 14 heteroatoms. The molecule has 0 bridgehead atoms. The zero-order valence-electron chi connectivity index (χ0n) is 22.1. The second-order valence-electron chi connectivity index (χ2n) is 9.67. The molecule has 0 spiro atoms. The number of imide groups is 1. The number of hydrogen-bond acceptors (Lipinski definition) is 6. The zero-order valence-corrected chi connectivity index (χ0v) is 23.8. The molecular weight excluding hydrogens is 608 g/mol. The molecule has 0 unspecified atom stereocenters. The lowest BCUT2D eigenvalue weighted by atomic mass is 9.95. The van der Waals surface area contributed by atoms with Crippen LogP contribution in [0.1, 0.15) is 77.3 Å². The molecule has 226 valence electrons. The van der Waals surface area contributed by atoms with Gasteiger partial charge in [0, 0.05) is 10.3 Å². The van der Waals surface area contributed by atoms with Gasteiger partial charge in [-0.15, -0.1) is 21.1 Å². The van der Waals surface area contributed by atoms with Crippen LogP contribution >= 0.6 is 11.8 Å². The highest BCUT2D eigenvalue weighted by molar-refractivity contribution is 7.99. The van der Waals surface area contributed by atoms with Crippen LogP contribution in [0.3, 0.4) is 0 Å². The maximum Gasteiger partial charge on any atom is 0.416 e. The Bertz CT molecular complexity index is 1590. The van der Waals surface area contributed by atoms with E-state index in [0.717, 1.165) is 44.3 Å². The van der Waals surface area contributed by atoms with Crippen LogP contribution in [0.15, 0.2) is 58.3 Å². The Morgan fingerprint density at radius 2 is 1.38 bits per heavy atom. The van der Waals surface area contributed by atoms with Crippen molar-refractivity contribution in [2.24, 2.45) is 0 Å². The number of benzene rings is 3. The number of carbonyl (C=O) groups excluding carboxylic acids is 2. The number of alkyl halides is 6. The van der Waals surface area contributed by atoms with Gasteiger partial charge in [0.2, 0.25) is 0 Å². The second-order valence-corrected chi connectivity index (χ2v) is 12.4. The Morgan fingerprint density at radius 3 is 2.00 bits per heavy atom. The molecule has 0 saturated heterocycles. The van der Waals surface area contributed by atoms with Crippen molar-refractivity contribution in [3.8, 4) is 0 Å². The van der Waals surface area contributed by atoms with Crippen LogP contribution in [-0.2, 0) is 26.8 Å². The summed E-state index contributed by atoms with van der Waals surface area (Å²) in [7, 11) is -5.52. The number of unbranched alkanes of at least 4 members (excludes halogenated alkanes) is 5. The first-order chi connectivity index (χ1) is 19.6. The molecule has 0 aromatic heterocycles. The van der Waals surface area contributed by atoms with Crippen LogP contribution in [0.25, 0.3) is 10.8 Å². The van der Waals surface area contributed by atoms with Crippen molar-refractivity contribution in [2.75, 3.05) is 5.75 Å². The number of amides is 2. The van der Waals surface area contributed by atoms with Crippen LogP contribution < -0.4 is 0 Å². The number of hydrogen-bond donors (Lipinski definition) is 0. The fourth-order valence-electron chi connectivity index (χ4n) is 4.49. The maximum atomic E-state index is 13.4. The molecule has 0 atom stereocenters. The van der Waals surface area contributed by atoms with Crippen molar-refractivity contribution in [3.05, 3.63) is 70.8 Å². The Kier molecular flexibility index (Phi) is 9.28. The van der Waals surface area contributed by atoms with Crippen LogP contribution in [-0.4, -0.2) is 31.0 Å². The molecule has 0 aliphatic carbocycles. The van der Waals surface area contributed by atoms with Gasteiger partial charge < -0.3 is 0 Å². The number of carbonyl (C=O) groups is 2. The van der Waals surface area contributed by atoms with Crippen LogP contribution in [0.4, 0.5) is 26.3 Å². The van der Waals surface area contributed by atoms with Gasteiger partial charge in [-0.3, -0.25) is 9.59 Å². The van der Waals surface area contributed by atoms with E-state index in [-0.39, 0.29) is 39.8 Å². The SMILES string of the molecule is CCCCCCCCSc1cc2c3c(cccc3c1)C(=O)N(OS(=O)(=O)c1cc(C(F)(F)F)cc(C(F)(F)F)c1)C2=O. The molecule has 2 amide bonds. The summed E-state index contributed by atoms with van der Waals surface area (Å²) in [5.74, 6) is -1.73. The van der Waals surface area contributed by atoms with Gasteiger partial charge in [-0.1, -0.05) is 51.2 Å². The molecular formula is C28H25F6NO5S2. The highest BCUT2D eigenvalue weighted by Crippen LogP contribution is 2.39. The number of nitrogens with zero attached hydrogens (tertiary/aromatic N) is 1. The monoisotopic (exact) mass is 633 g/mol. The standard InChI is InChI=1S/C28H25F6NO5S2/c1-2-3-4-5-6-7-11-41-20-12-17-9-8-10-22-24(17)23(16-20)26(37)35(25(22)36)40-42(38,39)21-14-18(27(29,30)31)13-19(15-21)28(32,33)34/h8-10,12-16H,2-7,11H2,1H3. The van der Waals surface area contributed by atoms with Crippen molar-refractivity contribution in [1.82, 2.24) is 5.06 Å². The van der Waals surface area contributed by atoms with E-state index >= 15 is 0 Å². The van der Waals surface area contributed by atoms with Gasteiger partial charge in [0.15, 0.2) is 0 Å². The minimum Gasteiger partial charge on any atom is -0.266 e. The molecule has 1 aliphatic rings. The van der Waals surface area contributed by atoms with Gasteiger partial charge >= 0.3 is 22.5 Å². The molecule has 42 heavy (non-hydrogen) atoms. The molecule has 0 fully saturated rings. The largest absolute Gasteiger partial charge is 0.416 e. The molecule has 0 N–H and O–H groups in total. The number of rotatable bonds is 11. The third-order valence-corrected chi connectivity index (χ3v) is 8.79. The molecule has 3 aromatic carbocycles. The summed E-state index contributed by atoms with van der Waals surface area (Å²) in [5.41, 5.74) is -4.02. The first kappa shape index (κ1) is 31.8. The molecule has 1 heterocycles. The van der Waals surface area contributed by atoms with E-state index in [9.17, 15) is 44.3 Å². The van der Waals surface area contributed by atoms with Crippen LogP contribution in [0.2, 0.25) is 0 Å². The molecule has 6 nitrogen and oxygen atoms in total. The topological polar surface area (TPSA) is 80.8 Å². The van der Waals surface area contributed by atoms with Crippen molar-refractivity contribution in [3.63, 3.8) is 0 Å². The molecule has 0 saturated carbocycles. The summed E-state index contributed by atoms with van der Waals surface area (Å²) in [5, 5.41) is 0.599. The van der Waals surface area contributed by atoms with Gasteiger partial charge in [-0.05, 0) is 54.0 Å². The summed E-state index contributed by atoms with van der Waals surface area (Å²) in [6.07, 6.45) is -4.20. The minimum atomic E-state index is -5.52. The third-order valence-electron chi connectivity index (χ3n) is 6.57. The van der Waals surface area contributed by atoms with Crippen LogP contribution in [0, 0.1) is 0 Å². The minimum absolute atomic E-state index is 0.0604. The predicted octanol–water partition coefficient (Wildman–Crippen LogP) is 8.25. The number of halogens is 6. The first-order valence-electron chi connectivity index (χ1n) is 13.0. The van der Waals surface area contributed by atoms with E-state index in [1.165, 1.54) is 30.0 Å². The van der Waals surface area contributed by atoms with Crippen molar-refractivity contribution in [2.45, 2.75) is 67.6 Å². The van der Waals surface area contributed by atoms with Crippen molar-refractivity contribution in [1.29, 1.82) is 0 Å². The zero-order chi connectivity index (χ0) is 30.9. The van der Waals surface area contributed by atoms with Crippen molar-refractivity contribution >= 4 is 44.5 Å². The summed E-state index contributed by atoms with van der Waals surface area (Å²) >= 11 is 1.45. The van der Waals surface area contributed by atoms with Crippen molar-refractivity contribution < 1.29 is 48.6 Å². The number of hydroxylamine groups is 2. The lowest BCUT2D eigenvalue weighted by molar-refractivity contribution is -0.143. The summed E-state index contributed by atoms with van der Waals surface area (Å²) in [6, 6.07) is 7.32. The van der Waals surface area contributed by atoms with E-state index in [0.29, 0.717) is 10.3 Å². The van der Waals surface area contributed by atoms with Gasteiger partial charge in [0.1, 0.15) is 0 Å². The second kappa shape index (κ2) is 12.3. The average Bonchev–Trinajstić information content (AvgIpc) is 2.92. The average molecular weight is 634 g/mol. The van der Waals surface area contributed by atoms with E-state index in [4.69, 9.17) is 0 Å². The fraction of sp³-hybridized carbons (Fsp3) is 0.357. The molecule has 1 aliphatic heterocycles. The smallest absolute Gasteiger partial charge is 0.266 e. The lowest BCUT2D eigenvalue weighted by Crippen LogP contribution is -2.41. The van der Waals surface area contributed by atoms with Crippen LogP contribution in [0.5, 0.6) is 0 Å². The molecule has 3 aromatic rings. The molecule has 4 rings (SSSR count). The highest BCUT2D eigenvalue weighted by Gasteiger charge is 2.41. The first-order valence-corrected chi connectivity index (χ1v) is 15.4. The molecule has 0 radical (unpaired) electrons. The van der Waals surface area contributed by atoms with Gasteiger partial charge in [0.05, 0.1) is 27.1 Å². The summed E-state index contributed by atoms with van der Waals surface area (Å²) in [4.78, 5) is 25.6. The normalized spacial score (nSPS) is 14.2. The third kappa shape index (κ3) is 6.92. The fourth-order valence-corrected chi connectivity index (χ4v) is 6.45. The van der Waals surface area contributed by atoms with E-state index in [2.05, 4.69) is 11.2 Å². The van der Waals surface area contributed by atoms with Gasteiger partial charge in [-0.25, -0.2) is 0 Å². The number of thioether (sulfide) groups is 1. The quantitative estimate of drug-likeness (QED) is 0.0916. The van der Waals surface area contributed by atoms with E-state index in [1.807, 2.05) is 0 Å². The lowest BCUT2D eigenvalue weighted by Gasteiger charge is -2.26. The predicted molar refractivity (Wildman–Crippen MR) is 143 cm³/mol. The van der Waals surface area contributed by atoms with Gasteiger partial charge in [-0.2, -0.15) is 34.8 Å². The Balaban J connectivity index is 1.64. The van der Waals surface area contributed by atoms with E-state index < -0.39 is 50.3 Å². The summed E-state index contributed by atoms with van der Waals surface area (Å²) in [6.45, 7) is 2.12. The Morgan fingerprint density at radius 1 is 0.786 bits per heavy atom. The Labute approximate surface area is 242 Å². The van der Waals surface area contributed by atoms with E-state index in [1.54, 1.807) is 12.1 Å². The maximum absolute atomic E-state index is 13.4. The van der Waals surface area contributed by atoms with Gasteiger partial charge in [0.25, 0.3) is 11.8 Å². The highest BCUT2D eigenvalue weighted by atomic mass is 32.2. The summed E-state index contributed by atoms with van der Waals surface area (Å²) < 4.78 is 110.